The van der Waals surface area contributed by atoms with Crippen LogP contribution < -0.4 is 25.3 Å². The summed E-state index contributed by atoms with van der Waals surface area (Å²) in [6, 6.07) is 6.65. The molecule has 2 aliphatic rings. The van der Waals surface area contributed by atoms with E-state index in [2.05, 4.69) is 10.3 Å². The fourth-order valence-corrected chi connectivity index (χ4v) is 4.06. The lowest BCUT2D eigenvalue weighted by Gasteiger charge is -2.37. The SMILES string of the molecule is COc1cc(-c2cnc3cc(OCC4(N)CCC4)ccn23)cc(OC(F)F)c1C(=O)NC1CC1. The second-order valence-corrected chi connectivity index (χ2v) is 8.92. The van der Waals surface area contributed by atoms with Crippen molar-refractivity contribution in [3.05, 3.63) is 42.2 Å². The van der Waals surface area contributed by atoms with Gasteiger partial charge in [-0.2, -0.15) is 8.78 Å². The molecular weight excluding hydrogens is 446 g/mol. The predicted octanol–water partition coefficient (Wildman–Crippen LogP) is 3.76. The van der Waals surface area contributed by atoms with E-state index in [1.165, 1.54) is 13.2 Å². The van der Waals surface area contributed by atoms with Crippen LogP contribution in [0.1, 0.15) is 42.5 Å². The Morgan fingerprint density at radius 3 is 2.71 bits per heavy atom. The third-order valence-electron chi connectivity index (χ3n) is 6.30. The van der Waals surface area contributed by atoms with Crippen LogP contribution in [0.4, 0.5) is 8.78 Å². The topological polar surface area (TPSA) is 100 Å². The van der Waals surface area contributed by atoms with Crippen LogP contribution in [0, 0.1) is 0 Å². The molecule has 0 bridgehead atoms. The number of nitrogens with two attached hydrogens (primary N) is 1. The lowest BCUT2D eigenvalue weighted by atomic mass is 9.78. The Hall–Kier alpha value is -3.40. The van der Waals surface area contributed by atoms with Crippen LogP contribution in [0.25, 0.3) is 16.9 Å². The van der Waals surface area contributed by atoms with E-state index >= 15 is 0 Å². The van der Waals surface area contributed by atoms with Gasteiger partial charge in [0.1, 0.15) is 35.1 Å². The van der Waals surface area contributed by atoms with E-state index in [0.717, 1.165) is 32.1 Å². The van der Waals surface area contributed by atoms with Crippen LogP contribution in [0.5, 0.6) is 17.2 Å². The van der Waals surface area contributed by atoms with Crippen LogP contribution >= 0.6 is 0 Å². The third kappa shape index (κ3) is 4.50. The average molecular weight is 472 g/mol. The molecule has 2 heterocycles. The van der Waals surface area contributed by atoms with E-state index in [-0.39, 0.29) is 28.6 Å². The minimum atomic E-state index is -3.10. The van der Waals surface area contributed by atoms with Gasteiger partial charge in [-0.1, -0.05) is 0 Å². The fraction of sp³-hybridized carbons (Fsp3) is 0.417. The average Bonchev–Trinajstić information content (AvgIpc) is 3.50. The summed E-state index contributed by atoms with van der Waals surface area (Å²) in [6.45, 7) is -2.66. The molecule has 3 aromatic rings. The van der Waals surface area contributed by atoms with Crippen molar-refractivity contribution in [3.63, 3.8) is 0 Å². The molecule has 0 atom stereocenters. The quantitative estimate of drug-likeness (QED) is 0.492. The summed E-state index contributed by atoms with van der Waals surface area (Å²) in [5, 5.41) is 2.80. The first-order valence-corrected chi connectivity index (χ1v) is 11.2. The van der Waals surface area contributed by atoms with Crippen molar-refractivity contribution in [1.82, 2.24) is 14.7 Å². The number of hydrogen-bond donors (Lipinski definition) is 2. The Balaban J connectivity index is 1.48. The molecule has 0 unspecified atom stereocenters. The molecular formula is C24H26F2N4O4. The van der Waals surface area contributed by atoms with Gasteiger partial charge in [0.05, 0.1) is 24.5 Å². The van der Waals surface area contributed by atoms with Gasteiger partial charge in [0, 0.05) is 23.9 Å². The second-order valence-electron chi connectivity index (χ2n) is 8.92. The van der Waals surface area contributed by atoms with Gasteiger partial charge in [0.2, 0.25) is 0 Å². The first-order valence-electron chi connectivity index (χ1n) is 11.2. The number of hydrogen-bond acceptors (Lipinski definition) is 6. The maximum absolute atomic E-state index is 13.2. The number of aromatic nitrogens is 2. The third-order valence-corrected chi connectivity index (χ3v) is 6.30. The van der Waals surface area contributed by atoms with E-state index < -0.39 is 12.5 Å². The lowest BCUT2D eigenvalue weighted by Crippen LogP contribution is -2.51. The summed E-state index contributed by atoms with van der Waals surface area (Å²) in [4.78, 5) is 17.2. The Bertz CT molecular complexity index is 1220. The number of nitrogens with zero attached hydrogens (tertiary/aromatic N) is 2. The van der Waals surface area contributed by atoms with Crippen molar-refractivity contribution in [2.45, 2.75) is 50.3 Å². The maximum Gasteiger partial charge on any atom is 0.387 e. The van der Waals surface area contributed by atoms with Gasteiger partial charge in [-0.15, -0.1) is 0 Å². The largest absolute Gasteiger partial charge is 0.496 e. The predicted molar refractivity (Wildman–Crippen MR) is 121 cm³/mol. The van der Waals surface area contributed by atoms with Gasteiger partial charge in [-0.05, 0) is 50.3 Å². The molecule has 1 aromatic carbocycles. The van der Waals surface area contributed by atoms with Gasteiger partial charge in [-0.25, -0.2) is 4.98 Å². The lowest BCUT2D eigenvalue weighted by molar-refractivity contribution is -0.0502. The highest BCUT2D eigenvalue weighted by molar-refractivity contribution is 6.01. The van der Waals surface area contributed by atoms with Crippen LogP contribution in [0.15, 0.2) is 36.7 Å². The Kier molecular flexibility index (Phi) is 5.76. The number of halogens is 2. The molecule has 2 saturated carbocycles. The monoisotopic (exact) mass is 472 g/mol. The number of imidazole rings is 1. The highest BCUT2D eigenvalue weighted by Gasteiger charge is 2.33. The van der Waals surface area contributed by atoms with E-state index in [9.17, 15) is 13.6 Å². The minimum Gasteiger partial charge on any atom is -0.496 e. The highest BCUT2D eigenvalue weighted by Crippen LogP contribution is 2.37. The molecule has 2 aromatic heterocycles. The number of methoxy groups -OCH3 is 1. The zero-order chi connectivity index (χ0) is 23.9. The first-order chi connectivity index (χ1) is 16.3. The van der Waals surface area contributed by atoms with Gasteiger partial charge < -0.3 is 25.3 Å². The molecule has 0 saturated heterocycles. The van der Waals surface area contributed by atoms with Crippen molar-refractivity contribution in [2.24, 2.45) is 5.73 Å². The molecule has 5 rings (SSSR count). The Labute approximate surface area is 195 Å². The zero-order valence-electron chi connectivity index (χ0n) is 18.7. The number of pyridine rings is 1. The van der Waals surface area contributed by atoms with Gasteiger partial charge in [0.15, 0.2) is 0 Å². The van der Waals surface area contributed by atoms with Crippen molar-refractivity contribution in [1.29, 1.82) is 0 Å². The van der Waals surface area contributed by atoms with Crippen LogP contribution in [0.3, 0.4) is 0 Å². The van der Waals surface area contributed by atoms with Gasteiger partial charge in [-0.3, -0.25) is 9.20 Å². The molecule has 8 nitrogen and oxygen atoms in total. The van der Waals surface area contributed by atoms with Gasteiger partial charge in [0.25, 0.3) is 5.91 Å². The molecule has 34 heavy (non-hydrogen) atoms. The molecule has 180 valence electrons. The number of nitrogens with one attached hydrogen (secondary N) is 1. The van der Waals surface area contributed by atoms with Crippen LogP contribution in [-0.2, 0) is 0 Å². The zero-order valence-corrected chi connectivity index (χ0v) is 18.7. The summed E-state index contributed by atoms with van der Waals surface area (Å²) in [6.07, 6.45) is 8.12. The normalized spacial score (nSPS) is 16.9. The summed E-state index contributed by atoms with van der Waals surface area (Å²) in [7, 11) is 1.38. The van der Waals surface area contributed by atoms with Gasteiger partial charge >= 0.3 is 6.61 Å². The molecule has 0 radical (unpaired) electrons. The number of ether oxygens (including phenoxy) is 3. The summed E-state index contributed by atoms with van der Waals surface area (Å²) in [5.41, 5.74) is 7.63. The molecule has 2 fully saturated rings. The van der Waals surface area contributed by atoms with Crippen molar-refractivity contribution >= 4 is 11.6 Å². The number of rotatable bonds is 9. The summed E-state index contributed by atoms with van der Waals surface area (Å²) < 4.78 is 44.2. The molecule has 0 aliphatic heterocycles. The number of alkyl halides is 2. The number of amides is 1. The minimum absolute atomic E-state index is 0.0462. The van der Waals surface area contributed by atoms with Crippen molar-refractivity contribution in [2.75, 3.05) is 13.7 Å². The Morgan fingerprint density at radius 2 is 2.06 bits per heavy atom. The number of benzene rings is 1. The van der Waals surface area contributed by atoms with E-state index in [4.69, 9.17) is 19.9 Å². The van der Waals surface area contributed by atoms with E-state index in [1.807, 2.05) is 0 Å². The van der Waals surface area contributed by atoms with Crippen LogP contribution in [0.2, 0.25) is 0 Å². The van der Waals surface area contributed by atoms with Crippen molar-refractivity contribution < 1.29 is 27.8 Å². The smallest absolute Gasteiger partial charge is 0.387 e. The van der Waals surface area contributed by atoms with Crippen LogP contribution in [-0.4, -0.2) is 47.2 Å². The number of fused-ring (bicyclic) bond motifs is 1. The number of carbonyl (C=O) groups excluding carboxylic acids is 1. The maximum atomic E-state index is 13.2. The van der Waals surface area contributed by atoms with E-state index in [0.29, 0.717) is 29.3 Å². The van der Waals surface area contributed by atoms with Crippen molar-refractivity contribution in [3.8, 4) is 28.5 Å². The fourth-order valence-electron chi connectivity index (χ4n) is 4.06. The molecule has 0 spiro atoms. The summed E-state index contributed by atoms with van der Waals surface area (Å²) >= 11 is 0. The second kappa shape index (κ2) is 8.75. The Morgan fingerprint density at radius 1 is 1.29 bits per heavy atom. The molecule has 2 aliphatic carbocycles. The highest BCUT2D eigenvalue weighted by atomic mass is 19.3. The standard InChI is InChI=1S/C24H26F2N4O4/c1-32-18-9-14(10-19(34-23(25)26)21(18)22(31)29-15-3-4-15)17-12-28-20-11-16(5-8-30(17)20)33-13-24(27)6-2-7-24/h5,8-12,15,23H,2-4,6-7,13,27H2,1H3,(H,29,31). The van der Waals surface area contributed by atoms with E-state index in [1.54, 1.807) is 35.0 Å². The number of carbonyl (C=O) groups is 1. The summed E-state index contributed by atoms with van der Waals surface area (Å²) in [5.74, 6) is 0.0134. The molecule has 3 N–H and O–H groups in total. The molecule has 10 heteroatoms. The molecule has 1 amide bonds. The first kappa shape index (κ1) is 22.4.